The van der Waals surface area contributed by atoms with Gasteiger partial charge in [-0.2, -0.15) is 0 Å². The predicted octanol–water partition coefficient (Wildman–Crippen LogP) is 1.49. The fraction of sp³-hybridized carbons (Fsp3) is 0.500. The van der Waals surface area contributed by atoms with Crippen molar-refractivity contribution in [3.63, 3.8) is 0 Å². The maximum absolute atomic E-state index is 11.0. The van der Waals surface area contributed by atoms with Crippen LogP contribution in [0.3, 0.4) is 0 Å². The summed E-state index contributed by atoms with van der Waals surface area (Å²) in [6.45, 7) is 8.15. The average Bonchev–Trinajstić information content (AvgIpc) is 2.79. The van der Waals surface area contributed by atoms with Crippen LogP contribution in [-0.4, -0.2) is 32.8 Å². The highest BCUT2D eigenvalue weighted by Crippen LogP contribution is 2.21. The summed E-state index contributed by atoms with van der Waals surface area (Å²) in [7, 11) is 0. The molecule has 1 aliphatic rings. The molecule has 6 nitrogen and oxygen atoms in total. The third kappa shape index (κ3) is 4.51. The van der Waals surface area contributed by atoms with Crippen LogP contribution in [0.4, 0.5) is 5.82 Å². The Morgan fingerprint density at radius 2 is 2.11 bits per heavy atom. The van der Waals surface area contributed by atoms with E-state index in [2.05, 4.69) is 20.3 Å². The van der Waals surface area contributed by atoms with Crippen molar-refractivity contribution < 1.29 is 4.79 Å². The van der Waals surface area contributed by atoms with E-state index in [1.54, 1.807) is 0 Å². The molecule has 0 radical (unpaired) electrons. The Bertz CT molecular complexity index is 469. The quantitative estimate of drug-likeness (QED) is 0.856. The van der Waals surface area contributed by atoms with Crippen LogP contribution in [0, 0.1) is 13.8 Å². The van der Waals surface area contributed by atoms with E-state index in [1.807, 2.05) is 33.8 Å². The summed E-state index contributed by atoms with van der Waals surface area (Å²) in [5.41, 5.74) is 6.10. The highest BCUT2D eigenvalue weighted by Gasteiger charge is 2.24. The lowest BCUT2D eigenvalue weighted by atomic mass is 10.4. The maximum Gasteiger partial charge on any atom is 0.232 e. The summed E-state index contributed by atoms with van der Waals surface area (Å²) in [5.74, 6) is 1.04. The smallest absolute Gasteiger partial charge is 0.232 e. The molecule has 1 atom stereocenters. The van der Waals surface area contributed by atoms with E-state index in [9.17, 15) is 4.79 Å². The zero-order valence-corrected chi connectivity index (χ0v) is 12.4. The van der Waals surface area contributed by atoms with Crippen molar-refractivity contribution in [1.29, 1.82) is 0 Å². The average molecular weight is 281 g/mol. The fourth-order valence-corrected chi connectivity index (χ4v) is 2.33. The van der Waals surface area contributed by atoms with Crippen molar-refractivity contribution in [2.45, 2.75) is 32.9 Å². The number of carbonyl (C=O) groups excluding carboxylic acids is 1. The van der Waals surface area contributed by atoms with Gasteiger partial charge in [-0.25, -0.2) is 9.97 Å². The van der Waals surface area contributed by atoms with Crippen molar-refractivity contribution in [1.82, 2.24) is 9.97 Å². The van der Waals surface area contributed by atoms with Crippen LogP contribution in [0.5, 0.6) is 0 Å². The lowest BCUT2D eigenvalue weighted by Gasteiger charge is -2.06. The Morgan fingerprint density at radius 3 is 2.63 bits per heavy atom. The molecule has 104 valence electrons. The van der Waals surface area contributed by atoms with E-state index >= 15 is 0 Å². The molecule has 1 unspecified atom stereocenters. The van der Waals surface area contributed by atoms with Crippen LogP contribution >= 0.6 is 11.8 Å². The van der Waals surface area contributed by atoms with Crippen molar-refractivity contribution >= 4 is 28.7 Å². The minimum atomic E-state index is -0.342. The molecular formula is C12H19N5OS. The molecule has 0 saturated heterocycles. The molecule has 1 amide bonds. The second-order valence-electron chi connectivity index (χ2n) is 3.72. The number of hydrogen-bond donors (Lipinski definition) is 2. The third-order valence-electron chi connectivity index (χ3n) is 2.17. The van der Waals surface area contributed by atoms with Gasteiger partial charge in [0.2, 0.25) is 5.91 Å². The Morgan fingerprint density at radius 1 is 1.42 bits per heavy atom. The molecule has 2 heterocycles. The molecule has 0 aliphatic carbocycles. The second kappa shape index (κ2) is 7.08. The number of anilines is 1. The number of amides is 1. The molecule has 0 bridgehead atoms. The van der Waals surface area contributed by atoms with E-state index in [0.29, 0.717) is 23.4 Å². The van der Waals surface area contributed by atoms with Crippen LogP contribution in [-0.2, 0) is 4.79 Å². The summed E-state index contributed by atoms with van der Waals surface area (Å²) >= 11 is 1.33. The normalized spacial score (nSPS) is 17.3. The molecular weight excluding hydrogens is 262 g/mol. The third-order valence-corrected chi connectivity index (χ3v) is 3.29. The van der Waals surface area contributed by atoms with Gasteiger partial charge >= 0.3 is 0 Å². The zero-order valence-electron chi connectivity index (χ0n) is 11.6. The second-order valence-corrected chi connectivity index (χ2v) is 4.91. The Kier molecular flexibility index (Phi) is 5.75. The molecule has 1 aliphatic heterocycles. The molecule has 3 N–H and O–H groups in total. The van der Waals surface area contributed by atoms with E-state index < -0.39 is 0 Å². The topological polar surface area (TPSA) is 93.3 Å². The van der Waals surface area contributed by atoms with Crippen LogP contribution < -0.4 is 11.1 Å². The first kappa shape index (κ1) is 15.4. The van der Waals surface area contributed by atoms with Gasteiger partial charge in [-0.3, -0.25) is 9.79 Å². The van der Waals surface area contributed by atoms with Gasteiger partial charge < -0.3 is 11.1 Å². The Balaban J connectivity index is 0.000000861. The van der Waals surface area contributed by atoms with Gasteiger partial charge in [-0.15, -0.1) is 0 Å². The molecule has 7 heteroatoms. The fourth-order valence-electron chi connectivity index (χ4n) is 1.48. The van der Waals surface area contributed by atoms with Crippen molar-refractivity contribution in [3.05, 3.63) is 17.6 Å². The van der Waals surface area contributed by atoms with E-state index in [1.165, 1.54) is 11.8 Å². The van der Waals surface area contributed by atoms with E-state index in [-0.39, 0.29) is 11.2 Å². The van der Waals surface area contributed by atoms with Crippen LogP contribution in [0.15, 0.2) is 11.1 Å². The number of thioether (sulfide) groups is 1. The predicted molar refractivity (Wildman–Crippen MR) is 79.4 cm³/mol. The zero-order chi connectivity index (χ0) is 14.4. The molecule has 1 aromatic rings. The number of nitrogens with zero attached hydrogens (tertiary/aromatic N) is 3. The van der Waals surface area contributed by atoms with E-state index in [0.717, 1.165) is 5.69 Å². The van der Waals surface area contributed by atoms with Crippen molar-refractivity contribution in [2.24, 2.45) is 10.7 Å². The number of aliphatic imine (C=N–C) groups is 1. The minimum absolute atomic E-state index is 0.276. The number of aryl methyl sites for hydroxylation is 2. The molecule has 0 fully saturated rings. The summed E-state index contributed by atoms with van der Waals surface area (Å²) in [4.78, 5) is 23.6. The number of aromatic nitrogens is 2. The van der Waals surface area contributed by atoms with Gasteiger partial charge in [-0.05, 0) is 13.8 Å². The molecule has 1 aromatic heterocycles. The first-order valence-electron chi connectivity index (χ1n) is 6.14. The summed E-state index contributed by atoms with van der Waals surface area (Å²) in [6.07, 6.45) is 0. The van der Waals surface area contributed by atoms with Crippen LogP contribution in [0.1, 0.15) is 25.4 Å². The number of carbonyl (C=O) groups is 1. The highest BCUT2D eigenvalue weighted by atomic mass is 32.2. The van der Waals surface area contributed by atoms with Gasteiger partial charge in [-0.1, -0.05) is 25.6 Å². The number of amidine groups is 1. The van der Waals surface area contributed by atoms with Crippen molar-refractivity contribution in [3.8, 4) is 0 Å². The highest BCUT2D eigenvalue weighted by molar-refractivity contribution is 8.15. The summed E-state index contributed by atoms with van der Waals surface area (Å²) < 4.78 is 0. The van der Waals surface area contributed by atoms with E-state index in [4.69, 9.17) is 5.73 Å². The Labute approximate surface area is 117 Å². The number of rotatable bonds is 2. The number of nitrogens with one attached hydrogen (secondary N) is 1. The first-order valence-corrected chi connectivity index (χ1v) is 7.02. The largest absolute Gasteiger partial charge is 0.369 e. The van der Waals surface area contributed by atoms with Crippen LogP contribution in [0.2, 0.25) is 0 Å². The van der Waals surface area contributed by atoms with Gasteiger partial charge in [0.05, 0.1) is 6.54 Å². The van der Waals surface area contributed by atoms with Gasteiger partial charge in [0.1, 0.15) is 16.9 Å². The lowest BCUT2D eigenvalue weighted by molar-refractivity contribution is -0.117. The molecule has 19 heavy (non-hydrogen) atoms. The SMILES string of the molecule is CC.Cc1cc(NC2=NCC(C(N)=O)S2)nc(C)n1. The lowest BCUT2D eigenvalue weighted by Crippen LogP contribution is -2.26. The first-order chi connectivity index (χ1) is 9.04. The van der Waals surface area contributed by atoms with Crippen LogP contribution in [0.25, 0.3) is 0 Å². The summed E-state index contributed by atoms with van der Waals surface area (Å²) in [6, 6.07) is 1.83. The molecule has 0 aromatic carbocycles. The molecule has 2 rings (SSSR count). The Hall–Kier alpha value is -1.63. The maximum atomic E-state index is 11.0. The number of hydrogen-bond acceptors (Lipinski definition) is 6. The number of primary amides is 1. The monoisotopic (exact) mass is 281 g/mol. The number of nitrogens with two attached hydrogens (primary N) is 1. The molecule has 0 spiro atoms. The standard InChI is InChI=1S/C10H13N5OS.C2H6/c1-5-3-8(14-6(2)13-5)15-10-12-4-7(17-10)9(11)16;1-2/h3,7H,4H2,1-2H3,(H2,11,16)(H,12,13,14,15);1-2H3. The van der Waals surface area contributed by atoms with Gasteiger partial charge in [0.15, 0.2) is 5.17 Å². The molecule has 0 saturated carbocycles. The van der Waals surface area contributed by atoms with Gasteiger partial charge in [0.25, 0.3) is 0 Å². The van der Waals surface area contributed by atoms with Crippen molar-refractivity contribution in [2.75, 3.05) is 11.9 Å². The minimum Gasteiger partial charge on any atom is -0.369 e. The van der Waals surface area contributed by atoms with Gasteiger partial charge in [0, 0.05) is 11.8 Å². The summed E-state index contributed by atoms with van der Waals surface area (Å²) in [5, 5.41) is 3.46.